The highest BCUT2D eigenvalue weighted by Gasteiger charge is 2.30. The van der Waals surface area contributed by atoms with Crippen LogP contribution >= 0.6 is 0 Å². The van der Waals surface area contributed by atoms with E-state index in [4.69, 9.17) is 4.74 Å². The number of likely N-dealkylation sites (tertiary alicyclic amines) is 1. The monoisotopic (exact) mass is 510 g/mol. The van der Waals surface area contributed by atoms with Gasteiger partial charge in [0.2, 0.25) is 0 Å². The molecule has 0 unspecified atom stereocenters. The number of carbonyl (C=O) groups is 1. The van der Waals surface area contributed by atoms with Crippen LogP contribution in [0.15, 0.2) is 42.6 Å². The summed E-state index contributed by atoms with van der Waals surface area (Å²) in [6.45, 7) is 1.71. The van der Waals surface area contributed by atoms with E-state index < -0.39 is 17.6 Å². The fourth-order valence-electron chi connectivity index (χ4n) is 5.14. The topological polar surface area (TPSA) is 62.7 Å². The van der Waals surface area contributed by atoms with Crippen molar-refractivity contribution in [1.29, 1.82) is 0 Å². The Morgan fingerprint density at radius 2 is 1.95 bits per heavy atom. The summed E-state index contributed by atoms with van der Waals surface area (Å²) in [6, 6.07) is 8.56. The molecule has 4 rings (SSSR count). The number of nitrogens with zero attached hydrogens (tertiary/aromatic N) is 2. The van der Waals surface area contributed by atoms with Crippen molar-refractivity contribution in [2.24, 2.45) is 11.8 Å². The third kappa shape index (κ3) is 7.01. The Balaban J connectivity index is 1.38. The Morgan fingerprint density at radius 3 is 2.68 bits per heavy atom. The number of carboxylic acid groups (broad SMARTS) is 1. The second kappa shape index (κ2) is 12.1. The summed E-state index contributed by atoms with van der Waals surface area (Å²) >= 11 is 0. The van der Waals surface area contributed by atoms with E-state index in [-0.39, 0.29) is 29.6 Å². The third-order valence-corrected chi connectivity index (χ3v) is 6.95. The van der Waals surface area contributed by atoms with Crippen LogP contribution in [-0.2, 0) is 11.2 Å². The molecule has 0 aliphatic carbocycles. The number of rotatable bonds is 8. The summed E-state index contributed by atoms with van der Waals surface area (Å²) in [5, 5.41) is 10.2. The van der Waals surface area contributed by atoms with E-state index in [1.807, 2.05) is 6.07 Å². The molecule has 0 bridgehead atoms. The summed E-state index contributed by atoms with van der Waals surface area (Å²) in [6.07, 6.45) is 4.13. The number of aromatic nitrogens is 1. The van der Waals surface area contributed by atoms with E-state index >= 15 is 0 Å². The number of aryl methyl sites for hydroxylation is 1. The second-order valence-electron chi connectivity index (χ2n) is 9.46. The van der Waals surface area contributed by atoms with E-state index in [1.54, 1.807) is 19.2 Å². The minimum absolute atomic E-state index is 0.0491. The van der Waals surface area contributed by atoms with Crippen LogP contribution in [0.2, 0.25) is 0 Å². The Hall–Kier alpha value is -3.57. The number of methoxy groups -OCH3 is 1. The van der Waals surface area contributed by atoms with Gasteiger partial charge in [-0.2, -0.15) is 0 Å². The zero-order valence-electron chi connectivity index (χ0n) is 20.6. The third-order valence-electron chi connectivity index (χ3n) is 6.95. The summed E-state index contributed by atoms with van der Waals surface area (Å²) in [7, 11) is 1.56. The number of carboxylic acids is 1. The molecule has 2 aromatic carbocycles. The number of benzene rings is 2. The van der Waals surface area contributed by atoms with Crippen molar-refractivity contribution in [3.05, 3.63) is 71.2 Å². The normalized spacial score (nSPS) is 17.8. The first-order valence-corrected chi connectivity index (χ1v) is 12.3. The molecule has 0 spiro atoms. The summed E-state index contributed by atoms with van der Waals surface area (Å²) < 4.78 is 46.7. The van der Waals surface area contributed by atoms with Crippen LogP contribution in [0, 0.1) is 41.1 Å². The average molecular weight is 511 g/mol. The molecule has 1 aliphatic rings. The van der Waals surface area contributed by atoms with E-state index in [1.165, 1.54) is 18.3 Å². The van der Waals surface area contributed by atoms with Gasteiger partial charge in [0, 0.05) is 30.0 Å². The molecule has 1 saturated heterocycles. The lowest BCUT2D eigenvalue weighted by Gasteiger charge is -2.37. The van der Waals surface area contributed by atoms with Gasteiger partial charge in [0.1, 0.15) is 23.2 Å². The van der Waals surface area contributed by atoms with E-state index in [9.17, 15) is 23.1 Å². The molecule has 8 heteroatoms. The Bertz CT molecular complexity index is 1310. The average Bonchev–Trinajstić information content (AvgIpc) is 2.85. The van der Waals surface area contributed by atoms with Gasteiger partial charge in [0.15, 0.2) is 0 Å². The van der Waals surface area contributed by atoms with Gasteiger partial charge in [-0.3, -0.25) is 14.7 Å². The number of hydrogen-bond donors (Lipinski definition) is 1. The lowest BCUT2D eigenvalue weighted by molar-refractivity contribution is -0.139. The van der Waals surface area contributed by atoms with Crippen LogP contribution in [0.25, 0.3) is 10.9 Å². The SMILES string of the molecule is COc1ccc2ncc(F)c(CCC[C@@H]3CCN(CC#Cc4cc(F)cc(F)c4)C[C@H]3CC(=O)O)c2c1. The molecule has 0 radical (unpaired) electrons. The molecule has 0 saturated carbocycles. The number of fused-ring (bicyclic) bond motifs is 1. The molecular formula is C29H29F3N2O3. The highest BCUT2D eigenvalue weighted by Crippen LogP contribution is 2.32. The van der Waals surface area contributed by atoms with Crippen LogP contribution < -0.4 is 4.74 Å². The van der Waals surface area contributed by atoms with E-state index in [0.29, 0.717) is 36.3 Å². The molecule has 194 valence electrons. The number of ether oxygens (including phenoxy) is 1. The highest BCUT2D eigenvalue weighted by atomic mass is 19.1. The first-order valence-electron chi connectivity index (χ1n) is 12.3. The minimum atomic E-state index is -0.851. The Morgan fingerprint density at radius 1 is 1.16 bits per heavy atom. The fraction of sp³-hybridized carbons (Fsp3) is 0.379. The van der Waals surface area contributed by atoms with Gasteiger partial charge in [-0.15, -0.1) is 0 Å². The van der Waals surface area contributed by atoms with Crippen LogP contribution in [0.1, 0.15) is 36.8 Å². The minimum Gasteiger partial charge on any atom is -0.497 e. The molecule has 37 heavy (non-hydrogen) atoms. The standard InChI is InChI=1S/C29H29F3N2O3/c1-37-24-7-8-28-26(16-24)25(27(32)17-33-28)6-2-5-20-9-11-34(18-21(20)14-29(35)36)10-3-4-19-12-22(30)15-23(31)13-19/h7-8,12-13,15-17,20-21H,2,5-6,9-11,14,18H2,1H3,(H,35,36)/t20-,21-/m1/s1. The molecule has 5 nitrogen and oxygen atoms in total. The van der Waals surface area contributed by atoms with Gasteiger partial charge in [-0.1, -0.05) is 11.8 Å². The number of aliphatic carboxylic acids is 1. The predicted molar refractivity (Wildman–Crippen MR) is 135 cm³/mol. The van der Waals surface area contributed by atoms with Gasteiger partial charge >= 0.3 is 5.97 Å². The number of halogens is 3. The lowest BCUT2D eigenvalue weighted by Crippen LogP contribution is -2.41. The van der Waals surface area contributed by atoms with Gasteiger partial charge in [0.25, 0.3) is 0 Å². The van der Waals surface area contributed by atoms with Gasteiger partial charge in [0.05, 0.1) is 25.4 Å². The first-order chi connectivity index (χ1) is 17.8. The van der Waals surface area contributed by atoms with E-state index in [2.05, 4.69) is 21.7 Å². The Kier molecular flexibility index (Phi) is 8.67. The molecule has 0 amide bonds. The maximum absolute atomic E-state index is 14.7. The molecule has 2 atom stereocenters. The number of pyridine rings is 1. The maximum Gasteiger partial charge on any atom is 0.303 e. The summed E-state index contributed by atoms with van der Waals surface area (Å²) in [5.74, 6) is 3.96. The van der Waals surface area contributed by atoms with Crippen LogP contribution in [0.5, 0.6) is 5.75 Å². The van der Waals surface area contributed by atoms with Gasteiger partial charge in [-0.05, 0) is 80.0 Å². The molecule has 2 heterocycles. The zero-order chi connectivity index (χ0) is 26.4. The van der Waals surface area contributed by atoms with Crippen molar-refractivity contribution in [2.45, 2.75) is 32.1 Å². The molecular weight excluding hydrogens is 481 g/mol. The molecule has 3 aromatic rings. The smallest absolute Gasteiger partial charge is 0.303 e. The summed E-state index contributed by atoms with van der Waals surface area (Å²) in [5.41, 5.74) is 1.57. The van der Waals surface area contributed by atoms with E-state index in [0.717, 1.165) is 37.3 Å². The molecule has 1 aromatic heterocycles. The van der Waals surface area contributed by atoms with Crippen molar-refractivity contribution in [3.63, 3.8) is 0 Å². The van der Waals surface area contributed by atoms with Crippen LogP contribution in [0.3, 0.4) is 0 Å². The van der Waals surface area contributed by atoms with Crippen LogP contribution in [-0.4, -0.2) is 47.7 Å². The molecule has 1 aliphatic heterocycles. The van der Waals surface area contributed by atoms with Crippen LogP contribution in [0.4, 0.5) is 13.2 Å². The highest BCUT2D eigenvalue weighted by molar-refractivity contribution is 5.83. The van der Waals surface area contributed by atoms with Crippen molar-refractivity contribution < 1.29 is 27.8 Å². The van der Waals surface area contributed by atoms with Gasteiger partial charge < -0.3 is 9.84 Å². The largest absolute Gasteiger partial charge is 0.497 e. The van der Waals surface area contributed by atoms with Crippen molar-refractivity contribution in [1.82, 2.24) is 9.88 Å². The maximum atomic E-state index is 14.7. The van der Waals surface area contributed by atoms with Gasteiger partial charge in [-0.25, -0.2) is 13.2 Å². The predicted octanol–water partition coefficient (Wildman–Crippen LogP) is 5.45. The lowest BCUT2D eigenvalue weighted by atomic mass is 9.80. The fourth-order valence-corrected chi connectivity index (χ4v) is 5.14. The summed E-state index contributed by atoms with van der Waals surface area (Å²) in [4.78, 5) is 17.8. The molecule has 1 fully saturated rings. The van der Waals surface area contributed by atoms with Crippen molar-refractivity contribution >= 4 is 16.9 Å². The zero-order valence-corrected chi connectivity index (χ0v) is 20.6. The quantitative estimate of drug-likeness (QED) is 0.409. The Labute approximate surface area is 214 Å². The number of hydrogen-bond acceptors (Lipinski definition) is 4. The first kappa shape index (κ1) is 26.5. The second-order valence-corrected chi connectivity index (χ2v) is 9.46. The van der Waals surface area contributed by atoms with Crippen molar-refractivity contribution in [3.8, 4) is 17.6 Å². The number of piperidine rings is 1. The molecule has 1 N–H and O–H groups in total. The van der Waals surface area contributed by atoms with Crippen molar-refractivity contribution in [2.75, 3.05) is 26.7 Å².